The van der Waals surface area contributed by atoms with Crippen LogP contribution in [0, 0.1) is 0 Å². The molecule has 0 aliphatic rings. The van der Waals surface area contributed by atoms with Crippen LogP contribution < -0.4 is 0 Å². The molecule has 0 saturated heterocycles. The smallest absolute Gasteiger partial charge is 0.159 e. The van der Waals surface area contributed by atoms with E-state index >= 15 is 0 Å². The van der Waals surface area contributed by atoms with Crippen molar-refractivity contribution in [2.45, 2.75) is 26.2 Å². The van der Waals surface area contributed by atoms with Crippen LogP contribution in [0.15, 0.2) is 66.9 Å². The zero-order valence-electron chi connectivity index (χ0n) is 13.2. The number of hydrogen-bond donors (Lipinski definition) is 0. The normalized spacial score (nSPS) is 11.4. The first-order valence-electron chi connectivity index (χ1n) is 7.53. The summed E-state index contributed by atoms with van der Waals surface area (Å²) in [5.74, 6) is 0.783. The van der Waals surface area contributed by atoms with Gasteiger partial charge < -0.3 is 0 Å². The number of benzene rings is 2. The molecular weight excluding hydrogens is 268 g/mol. The summed E-state index contributed by atoms with van der Waals surface area (Å²) >= 11 is 0. The molecule has 2 heteroatoms. The van der Waals surface area contributed by atoms with Crippen LogP contribution in [0.3, 0.4) is 0 Å². The molecule has 0 fully saturated rings. The molecule has 0 N–H and O–H groups in total. The standard InChI is InChI=1S/C20H20N2/c1-20(2,3)18-12-13-21-19(22-18)17-11-7-10-16(14-17)15-8-5-4-6-9-15/h4-14H,1-3H3. The maximum atomic E-state index is 4.74. The maximum Gasteiger partial charge on any atom is 0.159 e. The van der Waals surface area contributed by atoms with Crippen LogP contribution in [0.1, 0.15) is 26.5 Å². The summed E-state index contributed by atoms with van der Waals surface area (Å²) < 4.78 is 0. The van der Waals surface area contributed by atoms with E-state index in [2.05, 4.69) is 74.3 Å². The third-order valence-corrected chi connectivity index (χ3v) is 3.65. The molecule has 1 aromatic heterocycles. The lowest BCUT2D eigenvalue weighted by molar-refractivity contribution is 0.568. The Kier molecular flexibility index (Phi) is 3.76. The van der Waals surface area contributed by atoms with Crippen molar-refractivity contribution >= 4 is 0 Å². The molecule has 0 saturated carbocycles. The van der Waals surface area contributed by atoms with Crippen molar-refractivity contribution in [3.63, 3.8) is 0 Å². The van der Waals surface area contributed by atoms with Gasteiger partial charge >= 0.3 is 0 Å². The summed E-state index contributed by atoms with van der Waals surface area (Å²) in [7, 11) is 0. The summed E-state index contributed by atoms with van der Waals surface area (Å²) in [6, 6.07) is 20.8. The van der Waals surface area contributed by atoms with E-state index in [-0.39, 0.29) is 5.41 Å². The molecule has 2 aromatic carbocycles. The highest BCUT2D eigenvalue weighted by Gasteiger charge is 2.16. The Bertz CT molecular complexity index is 771. The van der Waals surface area contributed by atoms with Crippen LogP contribution in [-0.4, -0.2) is 9.97 Å². The maximum absolute atomic E-state index is 4.74. The van der Waals surface area contributed by atoms with Gasteiger partial charge in [-0.25, -0.2) is 9.97 Å². The first-order chi connectivity index (χ1) is 10.5. The van der Waals surface area contributed by atoms with Gasteiger partial charge in [0.15, 0.2) is 5.82 Å². The highest BCUT2D eigenvalue weighted by atomic mass is 14.9. The van der Waals surface area contributed by atoms with Gasteiger partial charge in [-0.2, -0.15) is 0 Å². The Morgan fingerprint density at radius 1 is 0.727 bits per heavy atom. The van der Waals surface area contributed by atoms with Gasteiger partial charge in [-0.1, -0.05) is 69.3 Å². The predicted octanol–water partition coefficient (Wildman–Crippen LogP) is 5.11. The zero-order chi connectivity index (χ0) is 15.6. The summed E-state index contributed by atoms with van der Waals surface area (Å²) in [6.07, 6.45) is 1.85. The molecule has 1 heterocycles. The van der Waals surface area contributed by atoms with Crippen molar-refractivity contribution in [3.8, 4) is 22.5 Å². The van der Waals surface area contributed by atoms with Crippen LogP contribution in [0.5, 0.6) is 0 Å². The number of nitrogens with zero attached hydrogens (tertiary/aromatic N) is 2. The van der Waals surface area contributed by atoms with Crippen molar-refractivity contribution in [2.75, 3.05) is 0 Å². The fourth-order valence-corrected chi connectivity index (χ4v) is 2.38. The van der Waals surface area contributed by atoms with E-state index in [0.717, 1.165) is 17.1 Å². The lowest BCUT2D eigenvalue weighted by Crippen LogP contribution is -2.14. The monoisotopic (exact) mass is 288 g/mol. The molecule has 3 aromatic rings. The van der Waals surface area contributed by atoms with Crippen molar-refractivity contribution in [1.82, 2.24) is 9.97 Å². The summed E-state index contributed by atoms with van der Waals surface area (Å²) in [4.78, 5) is 9.18. The second kappa shape index (κ2) is 5.72. The molecule has 2 nitrogen and oxygen atoms in total. The van der Waals surface area contributed by atoms with Crippen molar-refractivity contribution < 1.29 is 0 Å². The molecule has 0 aliphatic carbocycles. The molecular formula is C20H20N2. The van der Waals surface area contributed by atoms with Gasteiger partial charge in [0.05, 0.1) is 0 Å². The molecule has 22 heavy (non-hydrogen) atoms. The minimum atomic E-state index is 0.0225. The summed E-state index contributed by atoms with van der Waals surface area (Å²) in [5, 5.41) is 0. The SMILES string of the molecule is CC(C)(C)c1ccnc(-c2cccc(-c3ccccc3)c2)n1. The average molecular weight is 288 g/mol. The average Bonchev–Trinajstić information content (AvgIpc) is 2.55. The van der Waals surface area contributed by atoms with E-state index in [1.807, 2.05) is 18.3 Å². The second-order valence-electron chi connectivity index (χ2n) is 6.46. The lowest BCUT2D eigenvalue weighted by Gasteiger charge is -2.18. The predicted molar refractivity (Wildman–Crippen MR) is 91.6 cm³/mol. The Hall–Kier alpha value is -2.48. The molecule has 3 rings (SSSR count). The van der Waals surface area contributed by atoms with Crippen LogP contribution in [0.25, 0.3) is 22.5 Å². The van der Waals surface area contributed by atoms with Gasteiger partial charge in [0.25, 0.3) is 0 Å². The van der Waals surface area contributed by atoms with E-state index in [9.17, 15) is 0 Å². The third-order valence-electron chi connectivity index (χ3n) is 3.65. The fraction of sp³-hybridized carbons (Fsp3) is 0.200. The minimum Gasteiger partial charge on any atom is -0.237 e. The Morgan fingerprint density at radius 2 is 1.41 bits per heavy atom. The Morgan fingerprint density at radius 3 is 2.14 bits per heavy atom. The van der Waals surface area contributed by atoms with Crippen LogP contribution in [0.4, 0.5) is 0 Å². The van der Waals surface area contributed by atoms with E-state index in [4.69, 9.17) is 4.98 Å². The molecule has 0 aliphatic heterocycles. The molecule has 110 valence electrons. The molecule has 0 bridgehead atoms. The zero-order valence-corrected chi connectivity index (χ0v) is 13.2. The first kappa shape index (κ1) is 14.5. The van der Waals surface area contributed by atoms with Gasteiger partial charge in [0.1, 0.15) is 0 Å². The van der Waals surface area contributed by atoms with E-state index < -0.39 is 0 Å². The van der Waals surface area contributed by atoms with Crippen LogP contribution >= 0.6 is 0 Å². The molecule has 0 atom stereocenters. The van der Waals surface area contributed by atoms with Crippen molar-refractivity contribution in [3.05, 3.63) is 72.6 Å². The Balaban J connectivity index is 2.03. The molecule has 0 amide bonds. The van der Waals surface area contributed by atoms with Gasteiger partial charge in [0.2, 0.25) is 0 Å². The highest BCUT2D eigenvalue weighted by Crippen LogP contribution is 2.26. The first-order valence-corrected chi connectivity index (χ1v) is 7.53. The van der Waals surface area contributed by atoms with Crippen LogP contribution in [0.2, 0.25) is 0 Å². The van der Waals surface area contributed by atoms with Crippen LogP contribution in [-0.2, 0) is 5.41 Å². The lowest BCUT2D eigenvalue weighted by atomic mass is 9.92. The quantitative estimate of drug-likeness (QED) is 0.655. The second-order valence-corrected chi connectivity index (χ2v) is 6.46. The van der Waals surface area contributed by atoms with E-state index in [1.165, 1.54) is 11.1 Å². The van der Waals surface area contributed by atoms with Crippen molar-refractivity contribution in [1.29, 1.82) is 0 Å². The van der Waals surface area contributed by atoms with Gasteiger partial charge in [0, 0.05) is 22.9 Å². The topological polar surface area (TPSA) is 25.8 Å². The number of hydrogen-bond acceptors (Lipinski definition) is 2. The number of aromatic nitrogens is 2. The van der Waals surface area contributed by atoms with Crippen molar-refractivity contribution in [2.24, 2.45) is 0 Å². The van der Waals surface area contributed by atoms with Gasteiger partial charge in [-0.05, 0) is 23.3 Å². The minimum absolute atomic E-state index is 0.0225. The Labute approximate surface area is 131 Å². The molecule has 0 spiro atoms. The summed E-state index contributed by atoms with van der Waals surface area (Å²) in [6.45, 7) is 6.50. The van der Waals surface area contributed by atoms with E-state index in [0.29, 0.717) is 0 Å². The third kappa shape index (κ3) is 3.06. The largest absolute Gasteiger partial charge is 0.237 e. The van der Waals surface area contributed by atoms with Gasteiger partial charge in [-0.15, -0.1) is 0 Å². The fourth-order valence-electron chi connectivity index (χ4n) is 2.38. The van der Waals surface area contributed by atoms with Gasteiger partial charge in [-0.3, -0.25) is 0 Å². The molecule has 0 unspecified atom stereocenters. The molecule has 0 radical (unpaired) electrons. The number of rotatable bonds is 2. The van der Waals surface area contributed by atoms with E-state index in [1.54, 1.807) is 0 Å². The summed E-state index contributed by atoms with van der Waals surface area (Å²) in [5.41, 5.74) is 4.52. The highest BCUT2D eigenvalue weighted by molar-refractivity contribution is 5.70.